The number of pyridine rings is 1. The van der Waals surface area contributed by atoms with Crippen molar-refractivity contribution >= 4 is 39.9 Å². The summed E-state index contributed by atoms with van der Waals surface area (Å²) in [6.45, 7) is 6.27. The van der Waals surface area contributed by atoms with Crippen molar-refractivity contribution < 1.29 is 4.79 Å². The molecule has 2 N–H and O–H groups in total. The van der Waals surface area contributed by atoms with Crippen molar-refractivity contribution in [3.05, 3.63) is 39.5 Å². The summed E-state index contributed by atoms with van der Waals surface area (Å²) >= 11 is 7.16. The SMILES string of the molecule is Cc1nc(-c2cc3c(cn2)nc(CC(C)C)n3[C@@H]2CCC[C@H](NC(=O)c3ncc(Cl)s3)C2)n[nH]1. The van der Waals surface area contributed by atoms with Gasteiger partial charge in [-0.05, 0) is 44.6 Å². The third-order valence-corrected chi connectivity index (χ3v) is 7.20. The number of rotatable bonds is 6. The summed E-state index contributed by atoms with van der Waals surface area (Å²) < 4.78 is 2.87. The molecular formula is C23H27ClN8OS. The van der Waals surface area contributed by atoms with Gasteiger partial charge in [0, 0.05) is 18.5 Å². The molecule has 1 saturated carbocycles. The van der Waals surface area contributed by atoms with E-state index < -0.39 is 0 Å². The lowest BCUT2D eigenvalue weighted by Gasteiger charge is -2.32. The fraction of sp³-hybridized carbons (Fsp3) is 0.478. The van der Waals surface area contributed by atoms with Crippen molar-refractivity contribution in [3.8, 4) is 11.5 Å². The van der Waals surface area contributed by atoms with Crippen molar-refractivity contribution in [2.45, 2.75) is 65.0 Å². The minimum Gasteiger partial charge on any atom is -0.347 e. The fourth-order valence-corrected chi connectivity index (χ4v) is 5.50. The Morgan fingerprint density at radius 1 is 1.29 bits per heavy atom. The molecule has 178 valence electrons. The van der Waals surface area contributed by atoms with Gasteiger partial charge in [0.15, 0.2) is 10.8 Å². The third-order valence-electron chi connectivity index (χ3n) is 6.08. The molecule has 0 unspecified atom stereocenters. The van der Waals surface area contributed by atoms with Gasteiger partial charge < -0.3 is 9.88 Å². The first-order valence-corrected chi connectivity index (χ1v) is 12.7. The van der Waals surface area contributed by atoms with E-state index in [9.17, 15) is 4.79 Å². The molecule has 1 amide bonds. The Hall–Kier alpha value is -2.85. The van der Waals surface area contributed by atoms with E-state index in [-0.39, 0.29) is 18.0 Å². The zero-order valence-corrected chi connectivity index (χ0v) is 20.9. The smallest absolute Gasteiger partial charge is 0.280 e. The van der Waals surface area contributed by atoms with Gasteiger partial charge in [-0.3, -0.25) is 14.9 Å². The molecule has 9 nitrogen and oxygen atoms in total. The Labute approximate surface area is 206 Å². The molecule has 34 heavy (non-hydrogen) atoms. The third kappa shape index (κ3) is 4.69. The van der Waals surface area contributed by atoms with Gasteiger partial charge in [-0.25, -0.2) is 15.0 Å². The quantitative estimate of drug-likeness (QED) is 0.396. The molecule has 4 heterocycles. The van der Waals surface area contributed by atoms with Crippen LogP contribution >= 0.6 is 22.9 Å². The highest BCUT2D eigenvalue weighted by molar-refractivity contribution is 7.17. The average Bonchev–Trinajstić information content (AvgIpc) is 3.51. The number of nitrogens with zero attached hydrogens (tertiary/aromatic N) is 6. The number of H-pyrrole nitrogens is 1. The summed E-state index contributed by atoms with van der Waals surface area (Å²) in [5.41, 5.74) is 2.62. The normalized spacial score (nSPS) is 18.6. The van der Waals surface area contributed by atoms with Crippen LogP contribution in [0.2, 0.25) is 4.34 Å². The fourth-order valence-electron chi connectivity index (χ4n) is 4.68. The second kappa shape index (κ2) is 9.42. The first-order valence-electron chi connectivity index (χ1n) is 11.6. The lowest BCUT2D eigenvalue weighted by molar-refractivity contribution is 0.0920. The van der Waals surface area contributed by atoms with Gasteiger partial charge in [0.05, 0.1) is 17.9 Å². The van der Waals surface area contributed by atoms with Crippen LogP contribution in [-0.2, 0) is 6.42 Å². The Bertz CT molecular complexity index is 1330. The molecule has 5 rings (SSSR count). The molecule has 4 aromatic heterocycles. The average molecular weight is 499 g/mol. The van der Waals surface area contributed by atoms with Crippen LogP contribution in [-0.4, -0.2) is 46.6 Å². The van der Waals surface area contributed by atoms with Crippen LogP contribution in [0.25, 0.3) is 22.6 Å². The zero-order valence-electron chi connectivity index (χ0n) is 19.4. The van der Waals surface area contributed by atoms with Crippen LogP contribution in [0.5, 0.6) is 0 Å². The number of hydrogen-bond acceptors (Lipinski definition) is 7. The topological polar surface area (TPSA) is 114 Å². The van der Waals surface area contributed by atoms with Crippen LogP contribution in [0.4, 0.5) is 0 Å². The number of imidazole rings is 1. The number of amides is 1. The molecule has 2 atom stereocenters. The number of carbonyl (C=O) groups excluding carboxylic acids is 1. The molecule has 0 aliphatic heterocycles. The van der Waals surface area contributed by atoms with Gasteiger partial charge in [-0.1, -0.05) is 36.8 Å². The summed E-state index contributed by atoms with van der Waals surface area (Å²) in [5.74, 6) is 2.69. The maximum atomic E-state index is 12.7. The summed E-state index contributed by atoms with van der Waals surface area (Å²) in [6.07, 6.45) is 8.02. The van der Waals surface area contributed by atoms with E-state index in [4.69, 9.17) is 16.6 Å². The molecule has 0 spiro atoms. The predicted molar refractivity (Wildman–Crippen MR) is 132 cm³/mol. The first-order chi connectivity index (χ1) is 16.4. The van der Waals surface area contributed by atoms with Gasteiger partial charge in [0.25, 0.3) is 5.91 Å². The van der Waals surface area contributed by atoms with Crippen LogP contribution in [0.15, 0.2) is 18.5 Å². The zero-order chi connectivity index (χ0) is 23.8. The number of thiazole rings is 1. The van der Waals surface area contributed by atoms with Crippen molar-refractivity contribution in [3.63, 3.8) is 0 Å². The monoisotopic (exact) mass is 498 g/mol. The Balaban J connectivity index is 1.46. The van der Waals surface area contributed by atoms with Crippen LogP contribution in [0, 0.1) is 12.8 Å². The maximum absolute atomic E-state index is 12.7. The van der Waals surface area contributed by atoms with E-state index in [1.807, 2.05) is 19.2 Å². The largest absolute Gasteiger partial charge is 0.347 e. The van der Waals surface area contributed by atoms with Crippen LogP contribution < -0.4 is 5.32 Å². The number of hydrogen-bond donors (Lipinski definition) is 2. The van der Waals surface area contributed by atoms with Crippen molar-refractivity contribution in [2.75, 3.05) is 0 Å². The summed E-state index contributed by atoms with van der Waals surface area (Å²) in [7, 11) is 0. The van der Waals surface area contributed by atoms with Gasteiger partial charge >= 0.3 is 0 Å². The second-order valence-corrected chi connectivity index (χ2v) is 10.9. The van der Waals surface area contributed by atoms with E-state index in [0.717, 1.165) is 60.5 Å². The van der Waals surface area contributed by atoms with E-state index in [1.54, 1.807) is 0 Å². The second-order valence-electron chi connectivity index (χ2n) is 9.26. The molecule has 0 saturated heterocycles. The molecule has 1 aliphatic rings. The Kier molecular flexibility index (Phi) is 6.35. The van der Waals surface area contributed by atoms with Crippen molar-refractivity contribution in [1.29, 1.82) is 0 Å². The number of nitrogens with one attached hydrogen (secondary N) is 2. The molecule has 0 bridgehead atoms. The highest BCUT2D eigenvalue weighted by Crippen LogP contribution is 2.34. The number of aromatic amines is 1. The predicted octanol–water partition coefficient (Wildman–Crippen LogP) is 4.75. The number of fused-ring (bicyclic) bond motifs is 1. The minimum absolute atomic E-state index is 0.0650. The van der Waals surface area contributed by atoms with E-state index in [1.165, 1.54) is 17.5 Å². The van der Waals surface area contributed by atoms with Gasteiger partial charge in [-0.15, -0.1) is 0 Å². The molecule has 1 fully saturated rings. The Morgan fingerprint density at radius 3 is 2.85 bits per heavy atom. The highest BCUT2D eigenvalue weighted by atomic mass is 35.5. The molecule has 4 aromatic rings. The highest BCUT2D eigenvalue weighted by Gasteiger charge is 2.29. The molecule has 0 radical (unpaired) electrons. The standard InChI is InChI=1S/C23H27ClN8OS/c1-12(2)7-20-29-17-10-25-16(21-27-13(3)30-31-21)9-18(17)32(20)15-6-4-5-14(8-15)28-22(33)23-26-11-19(24)34-23/h9-12,14-15H,4-8H2,1-3H3,(H,28,33)(H,27,30,31)/t14-,15+/m0/s1. The summed E-state index contributed by atoms with van der Waals surface area (Å²) in [5, 5.41) is 10.7. The van der Waals surface area contributed by atoms with Crippen LogP contribution in [0.1, 0.15) is 67.0 Å². The van der Waals surface area contributed by atoms with E-state index in [2.05, 4.69) is 48.9 Å². The lowest BCUT2D eigenvalue weighted by Crippen LogP contribution is -2.39. The molecule has 11 heteroatoms. The first kappa shape index (κ1) is 22.9. The molecule has 1 aliphatic carbocycles. The summed E-state index contributed by atoms with van der Waals surface area (Å²) in [4.78, 5) is 30.7. The van der Waals surface area contributed by atoms with Crippen molar-refractivity contribution in [2.24, 2.45) is 5.92 Å². The maximum Gasteiger partial charge on any atom is 0.280 e. The van der Waals surface area contributed by atoms with Gasteiger partial charge in [0.2, 0.25) is 0 Å². The number of aromatic nitrogens is 7. The number of aryl methyl sites for hydroxylation is 1. The van der Waals surface area contributed by atoms with Crippen LogP contribution in [0.3, 0.4) is 0 Å². The number of halogens is 1. The Morgan fingerprint density at radius 2 is 2.15 bits per heavy atom. The minimum atomic E-state index is -0.160. The molecule has 0 aromatic carbocycles. The number of carbonyl (C=O) groups is 1. The van der Waals surface area contributed by atoms with Crippen molar-refractivity contribution in [1.82, 2.24) is 40.0 Å². The van der Waals surface area contributed by atoms with E-state index in [0.29, 0.717) is 21.1 Å². The van der Waals surface area contributed by atoms with Gasteiger partial charge in [0.1, 0.15) is 27.2 Å². The molecular weight excluding hydrogens is 472 g/mol. The van der Waals surface area contributed by atoms with E-state index >= 15 is 0 Å². The lowest BCUT2D eigenvalue weighted by atomic mass is 9.90. The van der Waals surface area contributed by atoms with Gasteiger partial charge in [-0.2, -0.15) is 5.10 Å². The summed E-state index contributed by atoms with van der Waals surface area (Å²) in [6, 6.07) is 2.33.